The van der Waals surface area contributed by atoms with Crippen LogP contribution in [0.3, 0.4) is 0 Å². The van der Waals surface area contributed by atoms with E-state index in [1.54, 1.807) is 0 Å². The summed E-state index contributed by atoms with van der Waals surface area (Å²) in [7, 11) is 0. The fourth-order valence-corrected chi connectivity index (χ4v) is 0.641. The van der Waals surface area contributed by atoms with E-state index in [1.807, 2.05) is 0 Å². The molecule has 0 saturated carbocycles. The summed E-state index contributed by atoms with van der Waals surface area (Å²) < 4.78 is 0. The molecule has 5 nitrogen and oxygen atoms in total. The highest BCUT2D eigenvalue weighted by molar-refractivity contribution is 7.82. The molecule has 11 heavy (non-hydrogen) atoms. The Bertz CT molecular complexity index is 199. The number of hydrogen-bond acceptors (Lipinski definition) is 6. The Morgan fingerprint density at radius 1 is 1.27 bits per heavy atom. The van der Waals surface area contributed by atoms with Gasteiger partial charge in [0.25, 0.3) is 0 Å². The quantitative estimate of drug-likeness (QED) is 0.358. The van der Waals surface area contributed by atoms with Gasteiger partial charge in [-0.25, -0.2) is 0 Å². The van der Waals surface area contributed by atoms with Crippen molar-refractivity contribution in [1.29, 1.82) is 0 Å². The van der Waals surface area contributed by atoms with Crippen LogP contribution in [-0.4, -0.2) is 23.0 Å². The summed E-state index contributed by atoms with van der Waals surface area (Å²) in [6.07, 6.45) is -0.726. The average molecular weight is 176 g/mol. The summed E-state index contributed by atoms with van der Waals surface area (Å²) in [4.78, 5) is 30.0. The van der Waals surface area contributed by atoms with Gasteiger partial charge in [-0.1, -0.05) is 0 Å². The average Bonchev–Trinajstić information content (AvgIpc) is 1.84. The van der Waals surface area contributed by atoms with E-state index in [4.69, 9.17) is 0 Å². The summed E-state index contributed by atoms with van der Waals surface area (Å²) in [6, 6.07) is 0. The molecule has 1 unspecified atom stereocenters. The third kappa shape index (κ3) is 3.61. The molecule has 0 rings (SSSR count). The number of carboxylic acid groups (broad SMARTS) is 2. The van der Waals surface area contributed by atoms with Gasteiger partial charge in [-0.3, -0.25) is 4.79 Å². The Balaban J connectivity index is 4.03. The minimum atomic E-state index is -1.94. The van der Waals surface area contributed by atoms with Crippen LogP contribution < -0.4 is 10.2 Å². The molecule has 0 spiro atoms. The lowest BCUT2D eigenvalue weighted by Crippen LogP contribution is -2.39. The standard InChI is InChI=1S/C5H6O5S/c6-3(7)1-2(11)4(8)5(9)10/h2,11H,1H2,(H,6,7)(H,9,10)/p-2. The van der Waals surface area contributed by atoms with Crippen LogP contribution in [0, 0.1) is 0 Å². The Labute approximate surface area is 67.4 Å². The molecule has 0 N–H and O–H groups in total. The molecule has 0 saturated heterocycles. The van der Waals surface area contributed by atoms with Gasteiger partial charge < -0.3 is 19.8 Å². The van der Waals surface area contributed by atoms with E-state index in [0.717, 1.165) is 0 Å². The smallest absolute Gasteiger partial charge is 0.191 e. The highest BCUT2D eigenvalue weighted by Gasteiger charge is 2.14. The monoisotopic (exact) mass is 176 g/mol. The maximum Gasteiger partial charge on any atom is 0.191 e. The highest BCUT2D eigenvalue weighted by Crippen LogP contribution is 2.00. The molecule has 0 heterocycles. The molecule has 0 aromatic rings. The predicted octanol–water partition coefficient (Wildman–Crippen LogP) is -3.26. The van der Waals surface area contributed by atoms with Gasteiger partial charge in [-0.2, -0.15) is 12.6 Å². The van der Waals surface area contributed by atoms with Crippen LogP contribution in [0.5, 0.6) is 0 Å². The van der Waals surface area contributed by atoms with Crippen molar-refractivity contribution < 1.29 is 24.6 Å². The van der Waals surface area contributed by atoms with Gasteiger partial charge in [0.05, 0.1) is 5.25 Å². The lowest BCUT2D eigenvalue weighted by Gasteiger charge is -2.09. The number of carbonyl (C=O) groups excluding carboxylic acids is 3. The second kappa shape index (κ2) is 3.97. The summed E-state index contributed by atoms with van der Waals surface area (Å²) >= 11 is 3.41. The van der Waals surface area contributed by atoms with Crippen molar-refractivity contribution in [3.8, 4) is 0 Å². The number of ketones is 1. The number of rotatable bonds is 4. The first-order valence-corrected chi connectivity index (χ1v) is 3.10. The van der Waals surface area contributed by atoms with E-state index in [9.17, 15) is 24.6 Å². The van der Waals surface area contributed by atoms with Crippen molar-refractivity contribution in [3.05, 3.63) is 0 Å². The van der Waals surface area contributed by atoms with Crippen molar-refractivity contribution in [2.45, 2.75) is 11.7 Å². The molecule has 0 aromatic carbocycles. The van der Waals surface area contributed by atoms with Crippen molar-refractivity contribution >= 4 is 30.4 Å². The summed E-state index contributed by atoms with van der Waals surface area (Å²) in [5.74, 6) is -4.82. The maximum absolute atomic E-state index is 10.3. The molecule has 1 atom stereocenters. The lowest BCUT2D eigenvalue weighted by atomic mass is 10.2. The van der Waals surface area contributed by atoms with E-state index in [2.05, 4.69) is 12.6 Å². The molecule has 0 aliphatic carbocycles. The van der Waals surface area contributed by atoms with Crippen LogP contribution in [0.1, 0.15) is 6.42 Å². The number of carbonyl (C=O) groups is 3. The zero-order valence-electron chi connectivity index (χ0n) is 5.27. The maximum atomic E-state index is 10.3. The first-order valence-electron chi connectivity index (χ1n) is 2.58. The van der Waals surface area contributed by atoms with Gasteiger partial charge in [-0.05, 0) is 0 Å². The number of carboxylic acids is 2. The van der Waals surface area contributed by atoms with E-state index < -0.39 is 29.4 Å². The van der Waals surface area contributed by atoms with Crippen LogP contribution in [0.25, 0.3) is 0 Å². The van der Waals surface area contributed by atoms with Crippen molar-refractivity contribution in [1.82, 2.24) is 0 Å². The second-order valence-corrected chi connectivity index (χ2v) is 2.37. The largest absolute Gasteiger partial charge is 0.550 e. The predicted molar refractivity (Wildman–Crippen MR) is 32.4 cm³/mol. The summed E-state index contributed by atoms with van der Waals surface area (Å²) in [6.45, 7) is 0. The van der Waals surface area contributed by atoms with E-state index in [1.165, 1.54) is 0 Å². The third-order valence-corrected chi connectivity index (χ3v) is 1.28. The Hall–Kier alpha value is -1.04. The number of aliphatic carboxylic acids is 2. The molecular weight excluding hydrogens is 172 g/mol. The molecule has 0 amide bonds. The molecule has 0 aromatic heterocycles. The number of thiol groups is 1. The SMILES string of the molecule is O=C([O-])CC(S)C(=O)C(=O)[O-]. The lowest BCUT2D eigenvalue weighted by molar-refractivity contribution is -0.305. The fraction of sp³-hybridized carbons (Fsp3) is 0.400. The molecule has 0 radical (unpaired) electrons. The molecular formula is C5H4O5S-2. The second-order valence-electron chi connectivity index (χ2n) is 1.74. The Morgan fingerprint density at radius 3 is 2.00 bits per heavy atom. The summed E-state index contributed by atoms with van der Waals surface area (Å²) in [5, 5.41) is 18.2. The van der Waals surface area contributed by atoms with Gasteiger partial charge in [0, 0.05) is 12.4 Å². The normalized spacial score (nSPS) is 12.1. The molecule has 0 aliphatic rings. The third-order valence-electron chi connectivity index (χ3n) is 0.864. The first-order chi connectivity index (χ1) is 4.95. The van der Waals surface area contributed by atoms with Crippen molar-refractivity contribution in [3.63, 3.8) is 0 Å². The number of Topliss-reactive ketones (excluding diaryl/α,β-unsaturated/α-hetero) is 1. The minimum absolute atomic E-state index is 0.726. The van der Waals surface area contributed by atoms with Crippen molar-refractivity contribution in [2.24, 2.45) is 0 Å². The highest BCUT2D eigenvalue weighted by atomic mass is 32.1. The van der Waals surface area contributed by atoms with Gasteiger partial charge in [-0.15, -0.1) is 0 Å². The van der Waals surface area contributed by atoms with Gasteiger partial charge in [0.2, 0.25) is 0 Å². The van der Waals surface area contributed by atoms with Crippen LogP contribution >= 0.6 is 12.6 Å². The zero-order valence-corrected chi connectivity index (χ0v) is 6.17. The van der Waals surface area contributed by atoms with Crippen LogP contribution in [0.2, 0.25) is 0 Å². The Morgan fingerprint density at radius 2 is 1.73 bits per heavy atom. The summed E-state index contributed by atoms with van der Waals surface area (Å²) in [5.41, 5.74) is 0. The molecule has 0 bridgehead atoms. The van der Waals surface area contributed by atoms with E-state index in [-0.39, 0.29) is 0 Å². The van der Waals surface area contributed by atoms with Crippen LogP contribution in [0.15, 0.2) is 0 Å². The molecule has 0 aliphatic heterocycles. The Kier molecular flexibility index (Phi) is 3.59. The topological polar surface area (TPSA) is 97.3 Å². The zero-order chi connectivity index (χ0) is 9.02. The van der Waals surface area contributed by atoms with Crippen molar-refractivity contribution in [2.75, 3.05) is 0 Å². The molecule has 0 fully saturated rings. The fourth-order valence-electron chi connectivity index (χ4n) is 0.387. The van der Waals surface area contributed by atoms with Gasteiger partial charge in [0.1, 0.15) is 5.97 Å². The minimum Gasteiger partial charge on any atom is -0.550 e. The molecule has 6 heteroatoms. The molecule has 62 valence electrons. The van der Waals surface area contributed by atoms with Gasteiger partial charge >= 0.3 is 0 Å². The first kappa shape index (κ1) is 9.96. The van der Waals surface area contributed by atoms with Gasteiger partial charge in [0.15, 0.2) is 5.78 Å². The van der Waals surface area contributed by atoms with E-state index >= 15 is 0 Å². The van der Waals surface area contributed by atoms with E-state index in [0.29, 0.717) is 0 Å². The van der Waals surface area contributed by atoms with Crippen LogP contribution in [0.4, 0.5) is 0 Å². The van der Waals surface area contributed by atoms with Crippen LogP contribution in [-0.2, 0) is 14.4 Å². The number of hydrogen-bond donors (Lipinski definition) is 1.